The number of aliphatic hydroxyl groups is 2. The van der Waals surface area contributed by atoms with Gasteiger partial charge in [0.05, 0.1) is 24.8 Å². The summed E-state index contributed by atoms with van der Waals surface area (Å²) in [6.45, 7) is 19.2. The van der Waals surface area contributed by atoms with E-state index in [9.17, 15) is 15.0 Å². The molecule has 1 aliphatic heterocycles. The molecule has 2 N–H and O–H groups in total. The molecule has 1 heterocycles. The summed E-state index contributed by atoms with van der Waals surface area (Å²) >= 11 is 0. The second-order valence-electron chi connectivity index (χ2n) is 19.3. The van der Waals surface area contributed by atoms with Gasteiger partial charge in [0.1, 0.15) is 28.9 Å². The SMILES string of the molecule is C=CCOC12Oc3ccc(Oc4ccc(-c5ccccc5)cc4)cc3C3C(CCCCO)C(CCCCO)C=C(C(=NOC(C)(C)C)CC1N(CCC)C(=O)OCC(C)(C)C)C32. The zero-order valence-corrected chi connectivity index (χ0v) is 38.1. The van der Waals surface area contributed by atoms with Gasteiger partial charge in [-0.2, -0.15) is 0 Å². The summed E-state index contributed by atoms with van der Waals surface area (Å²) in [5.41, 5.74) is 4.15. The van der Waals surface area contributed by atoms with Gasteiger partial charge in [-0.1, -0.05) is 100 Å². The van der Waals surface area contributed by atoms with Gasteiger partial charge < -0.3 is 34.0 Å². The van der Waals surface area contributed by atoms with E-state index in [-0.39, 0.29) is 49.6 Å². The molecule has 0 spiro atoms. The van der Waals surface area contributed by atoms with Crippen LogP contribution < -0.4 is 9.47 Å². The highest BCUT2D eigenvalue weighted by Gasteiger charge is 2.65. The van der Waals surface area contributed by atoms with Gasteiger partial charge in [0, 0.05) is 37.7 Å². The Kier molecular flexibility index (Phi) is 15.6. The molecule has 6 unspecified atom stereocenters. The van der Waals surface area contributed by atoms with E-state index < -0.39 is 29.4 Å². The number of hydrogen-bond donors (Lipinski definition) is 2. The van der Waals surface area contributed by atoms with Gasteiger partial charge in [0.25, 0.3) is 0 Å². The Morgan fingerprint density at radius 3 is 2.24 bits per heavy atom. The zero-order chi connectivity index (χ0) is 44.5. The van der Waals surface area contributed by atoms with Gasteiger partial charge in [-0.3, -0.25) is 4.90 Å². The summed E-state index contributed by atoms with van der Waals surface area (Å²) in [6, 6.07) is 23.8. The van der Waals surface area contributed by atoms with Crippen LogP contribution in [0.4, 0.5) is 4.79 Å². The van der Waals surface area contributed by atoms with E-state index in [1.165, 1.54) is 0 Å². The molecule has 2 aliphatic carbocycles. The molecule has 62 heavy (non-hydrogen) atoms. The lowest BCUT2D eigenvalue weighted by atomic mass is 9.55. The highest BCUT2D eigenvalue weighted by molar-refractivity contribution is 6.03. The second kappa shape index (κ2) is 20.7. The number of carbonyl (C=O) groups is 1. The summed E-state index contributed by atoms with van der Waals surface area (Å²) in [7, 11) is 0. The quantitative estimate of drug-likeness (QED) is 0.0695. The molecule has 3 aromatic carbocycles. The van der Waals surface area contributed by atoms with Crippen LogP contribution in [0.2, 0.25) is 0 Å². The average molecular weight is 851 g/mol. The summed E-state index contributed by atoms with van der Waals surface area (Å²) in [5.74, 6) is 0.273. The Bertz CT molecular complexity index is 2000. The van der Waals surface area contributed by atoms with E-state index in [0.717, 1.165) is 53.7 Å². The second-order valence-corrected chi connectivity index (χ2v) is 19.3. The fourth-order valence-corrected chi connectivity index (χ4v) is 9.36. The van der Waals surface area contributed by atoms with Gasteiger partial charge >= 0.3 is 6.09 Å². The third kappa shape index (κ3) is 11.1. The summed E-state index contributed by atoms with van der Waals surface area (Å²) in [4.78, 5) is 22.5. The maximum Gasteiger partial charge on any atom is 0.410 e. The van der Waals surface area contributed by atoms with Crippen LogP contribution in [0.15, 0.2) is 102 Å². The molecule has 3 aliphatic rings. The van der Waals surface area contributed by atoms with Crippen molar-refractivity contribution in [2.45, 2.75) is 123 Å². The molecule has 0 saturated heterocycles. The van der Waals surface area contributed by atoms with E-state index >= 15 is 0 Å². The van der Waals surface area contributed by atoms with E-state index in [0.29, 0.717) is 49.5 Å². The number of aliphatic hydroxyl groups excluding tert-OH is 2. The number of hydrogen-bond acceptors (Lipinski definition) is 9. The molecule has 1 fully saturated rings. The van der Waals surface area contributed by atoms with Crippen molar-refractivity contribution in [2.75, 3.05) is 33.0 Å². The maximum atomic E-state index is 14.5. The van der Waals surface area contributed by atoms with Crippen molar-refractivity contribution in [2.24, 2.45) is 28.3 Å². The predicted octanol–water partition coefficient (Wildman–Crippen LogP) is 11.5. The Morgan fingerprint density at radius 2 is 1.60 bits per heavy atom. The fourth-order valence-electron chi connectivity index (χ4n) is 9.36. The predicted molar refractivity (Wildman–Crippen MR) is 246 cm³/mol. The van der Waals surface area contributed by atoms with E-state index in [4.69, 9.17) is 28.9 Å². The zero-order valence-electron chi connectivity index (χ0n) is 38.1. The standard InChI is InChI=1S/C52H70N2O8/c1-9-28-54(49(57)58-35-50(3,4)5)46-34-44(53-62-51(6,7)8)42-32-38(20-14-16-29-55)41(21-15-17-30-56)47-43-33-40(26-27-45(43)61-52(46,48(42)47)59-31-10-2)60-39-24-22-37(23-25-39)36-18-12-11-13-19-36/h10-13,18-19,22-27,32-33,38,41,46-48,55-56H,2,9,14-17,20-21,28-31,34-35H2,1,3-8H3. The van der Waals surface area contributed by atoms with Gasteiger partial charge in [0.2, 0.25) is 5.79 Å². The Hall–Kier alpha value is -4.64. The Morgan fingerprint density at radius 1 is 0.919 bits per heavy atom. The highest BCUT2D eigenvalue weighted by Crippen LogP contribution is 2.62. The first-order valence-corrected chi connectivity index (χ1v) is 22.7. The van der Waals surface area contributed by atoms with E-state index in [1.807, 2.05) is 84.0 Å². The largest absolute Gasteiger partial charge is 0.459 e. The highest BCUT2D eigenvalue weighted by atomic mass is 16.7. The minimum Gasteiger partial charge on any atom is -0.459 e. The van der Waals surface area contributed by atoms with E-state index in [1.54, 1.807) is 11.0 Å². The Balaban J connectivity index is 1.55. The summed E-state index contributed by atoms with van der Waals surface area (Å²) in [6.07, 6.45) is 9.39. The number of ether oxygens (including phenoxy) is 4. The third-order valence-electron chi connectivity index (χ3n) is 12.0. The van der Waals surface area contributed by atoms with Gasteiger partial charge in [0.15, 0.2) is 0 Å². The maximum absolute atomic E-state index is 14.5. The lowest BCUT2D eigenvalue weighted by molar-refractivity contribution is -0.255. The van der Waals surface area contributed by atoms with Crippen molar-refractivity contribution < 1.29 is 38.8 Å². The molecule has 0 radical (unpaired) electrons. The number of unbranched alkanes of at least 4 members (excludes halogenated alkanes) is 2. The molecule has 1 amide bonds. The molecule has 0 aromatic heterocycles. The minimum absolute atomic E-state index is 0.0831. The van der Waals surface area contributed by atoms with Crippen LogP contribution in [0, 0.1) is 23.2 Å². The number of fused-ring (bicyclic) bond motifs is 2. The topological polar surface area (TPSA) is 119 Å². The number of oxime groups is 1. The number of rotatable bonds is 19. The molecule has 1 saturated carbocycles. The lowest BCUT2D eigenvalue weighted by Gasteiger charge is -2.60. The number of carbonyl (C=O) groups excluding carboxylic acids is 1. The molecular weight excluding hydrogens is 781 g/mol. The molecule has 6 rings (SSSR count). The van der Waals surface area contributed by atoms with Crippen LogP contribution in [-0.4, -0.2) is 77.3 Å². The van der Waals surface area contributed by atoms with Crippen LogP contribution >= 0.6 is 0 Å². The lowest BCUT2D eigenvalue weighted by Crippen LogP contribution is -2.70. The summed E-state index contributed by atoms with van der Waals surface area (Å²) < 4.78 is 27.2. The molecular formula is C52H70N2O8. The molecule has 336 valence electrons. The van der Waals surface area contributed by atoms with Gasteiger partial charge in [-0.05, 0) is 117 Å². The van der Waals surface area contributed by atoms with Gasteiger partial charge in [-0.15, -0.1) is 6.58 Å². The van der Waals surface area contributed by atoms with Gasteiger partial charge in [-0.25, -0.2) is 4.79 Å². The smallest absolute Gasteiger partial charge is 0.410 e. The van der Waals surface area contributed by atoms with Crippen molar-refractivity contribution in [1.29, 1.82) is 0 Å². The molecule has 0 bridgehead atoms. The number of allylic oxidation sites excluding steroid dienone is 1. The van der Waals surface area contributed by atoms with Crippen molar-refractivity contribution in [3.8, 4) is 28.4 Å². The van der Waals surface area contributed by atoms with E-state index in [2.05, 4.69) is 49.9 Å². The average Bonchev–Trinajstić information content (AvgIpc) is 3.24. The number of benzene rings is 3. The normalized spacial score (nSPS) is 23.7. The van der Waals surface area contributed by atoms with Crippen LogP contribution in [0.25, 0.3) is 11.1 Å². The van der Waals surface area contributed by atoms with Crippen LogP contribution in [0.3, 0.4) is 0 Å². The number of amides is 1. The van der Waals surface area contributed by atoms with Crippen LogP contribution in [0.5, 0.6) is 17.2 Å². The molecule has 10 nitrogen and oxygen atoms in total. The van der Waals surface area contributed by atoms with Crippen molar-refractivity contribution in [1.82, 2.24) is 4.90 Å². The summed E-state index contributed by atoms with van der Waals surface area (Å²) in [5, 5.41) is 24.9. The monoisotopic (exact) mass is 851 g/mol. The van der Waals surface area contributed by atoms with Crippen molar-refractivity contribution >= 4 is 11.8 Å². The first-order chi connectivity index (χ1) is 29.7. The van der Waals surface area contributed by atoms with Crippen molar-refractivity contribution in [3.05, 3.63) is 103 Å². The molecule has 6 atom stereocenters. The fraction of sp³-hybridized carbons (Fsp3) is 0.538. The van der Waals surface area contributed by atoms with Crippen molar-refractivity contribution in [3.63, 3.8) is 0 Å². The van der Waals surface area contributed by atoms with Crippen LogP contribution in [0.1, 0.15) is 111 Å². The first-order valence-electron chi connectivity index (χ1n) is 22.7. The molecule has 10 heteroatoms. The first kappa shape index (κ1) is 46.9. The van der Waals surface area contributed by atoms with Crippen LogP contribution in [-0.2, 0) is 14.3 Å². The minimum atomic E-state index is -1.37. The Labute approximate surface area is 369 Å². The molecule has 3 aromatic rings. The number of nitrogens with zero attached hydrogens (tertiary/aromatic N) is 2. The third-order valence-corrected chi connectivity index (χ3v) is 12.0.